The SMILES string of the molecule is CC(C)(C)c1nc2cc(C(F)C(F)(F)F)ncn2c1C#N. The molecular weight excluding hydrogens is 288 g/mol. The van der Waals surface area contributed by atoms with Gasteiger partial charge in [0.1, 0.15) is 23.7 Å². The molecule has 0 saturated carbocycles. The van der Waals surface area contributed by atoms with Crippen LogP contribution in [-0.2, 0) is 5.41 Å². The Morgan fingerprint density at radius 3 is 2.38 bits per heavy atom. The van der Waals surface area contributed by atoms with Gasteiger partial charge in [0, 0.05) is 11.5 Å². The molecule has 0 fully saturated rings. The maximum absolute atomic E-state index is 13.3. The Kier molecular flexibility index (Phi) is 3.40. The molecule has 0 aliphatic rings. The fraction of sp³-hybridized carbons (Fsp3) is 0.462. The lowest BCUT2D eigenvalue weighted by Gasteiger charge is -2.14. The van der Waals surface area contributed by atoms with Gasteiger partial charge >= 0.3 is 6.18 Å². The Balaban J connectivity index is 2.64. The van der Waals surface area contributed by atoms with Gasteiger partial charge in [0.25, 0.3) is 0 Å². The third-order valence-electron chi connectivity index (χ3n) is 2.90. The molecule has 4 nitrogen and oxygen atoms in total. The van der Waals surface area contributed by atoms with Crippen LogP contribution < -0.4 is 0 Å². The van der Waals surface area contributed by atoms with Gasteiger partial charge in [-0.3, -0.25) is 4.40 Å². The first kappa shape index (κ1) is 15.2. The van der Waals surface area contributed by atoms with Crippen LogP contribution in [0, 0.1) is 11.3 Å². The molecule has 2 rings (SSSR count). The first-order chi connectivity index (χ1) is 9.55. The van der Waals surface area contributed by atoms with Crippen LogP contribution in [0.5, 0.6) is 0 Å². The Hall–Kier alpha value is -2.17. The predicted octanol–water partition coefficient (Wildman–Crippen LogP) is 3.47. The summed E-state index contributed by atoms with van der Waals surface area (Å²) >= 11 is 0. The van der Waals surface area contributed by atoms with Crippen LogP contribution in [0.2, 0.25) is 0 Å². The van der Waals surface area contributed by atoms with Gasteiger partial charge in [-0.2, -0.15) is 18.4 Å². The second kappa shape index (κ2) is 4.69. The van der Waals surface area contributed by atoms with Crippen LogP contribution in [0.25, 0.3) is 5.65 Å². The highest BCUT2D eigenvalue weighted by Crippen LogP contribution is 2.35. The molecule has 0 bridgehead atoms. The predicted molar refractivity (Wildman–Crippen MR) is 66.3 cm³/mol. The number of fused-ring (bicyclic) bond motifs is 1. The Morgan fingerprint density at radius 1 is 1.29 bits per heavy atom. The van der Waals surface area contributed by atoms with E-state index in [1.165, 1.54) is 4.40 Å². The highest BCUT2D eigenvalue weighted by Gasteiger charge is 2.42. The second-order valence-corrected chi connectivity index (χ2v) is 5.62. The molecule has 2 heterocycles. The van der Waals surface area contributed by atoms with E-state index in [1.54, 1.807) is 0 Å². The third-order valence-corrected chi connectivity index (χ3v) is 2.90. The van der Waals surface area contributed by atoms with Crippen molar-refractivity contribution in [2.75, 3.05) is 0 Å². The number of imidazole rings is 1. The van der Waals surface area contributed by atoms with Gasteiger partial charge < -0.3 is 0 Å². The fourth-order valence-corrected chi connectivity index (χ4v) is 1.90. The number of halogens is 4. The Labute approximate surface area is 118 Å². The van der Waals surface area contributed by atoms with Crippen molar-refractivity contribution in [3.8, 4) is 6.07 Å². The van der Waals surface area contributed by atoms with Crippen molar-refractivity contribution < 1.29 is 17.6 Å². The van der Waals surface area contributed by atoms with Crippen LogP contribution in [0.1, 0.15) is 44.0 Å². The average Bonchev–Trinajstić information content (AvgIpc) is 2.74. The van der Waals surface area contributed by atoms with E-state index in [9.17, 15) is 22.8 Å². The standard InChI is InChI=1S/C13H12F4N4/c1-12(2,3)11-8(5-18)21-6-19-7(4-9(21)20-11)10(14)13(15,16)17/h4,6,10H,1-3H3. The minimum absolute atomic E-state index is 0.0633. The number of nitriles is 1. The second-order valence-electron chi connectivity index (χ2n) is 5.62. The zero-order chi connectivity index (χ0) is 16.0. The van der Waals surface area contributed by atoms with E-state index in [0.717, 1.165) is 12.4 Å². The highest BCUT2D eigenvalue weighted by atomic mass is 19.4. The fourth-order valence-electron chi connectivity index (χ4n) is 1.90. The zero-order valence-electron chi connectivity index (χ0n) is 11.5. The molecule has 0 amide bonds. The largest absolute Gasteiger partial charge is 0.425 e. The minimum atomic E-state index is -5.02. The lowest BCUT2D eigenvalue weighted by Crippen LogP contribution is -2.18. The van der Waals surface area contributed by atoms with Crippen LogP contribution in [0.3, 0.4) is 0 Å². The molecule has 21 heavy (non-hydrogen) atoms. The molecule has 0 aromatic carbocycles. The molecule has 0 saturated heterocycles. The zero-order valence-corrected chi connectivity index (χ0v) is 11.5. The van der Waals surface area contributed by atoms with Gasteiger partial charge in [-0.15, -0.1) is 0 Å². The van der Waals surface area contributed by atoms with Gasteiger partial charge in [0.15, 0.2) is 0 Å². The topological polar surface area (TPSA) is 54.0 Å². The van der Waals surface area contributed by atoms with Crippen LogP contribution in [0.4, 0.5) is 17.6 Å². The summed E-state index contributed by atoms with van der Waals surface area (Å²) in [6, 6.07) is 2.86. The summed E-state index contributed by atoms with van der Waals surface area (Å²) < 4.78 is 51.7. The molecule has 0 N–H and O–H groups in total. The summed E-state index contributed by atoms with van der Waals surface area (Å²) in [6.07, 6.45) is -7.21. The molecular formula is C13H12F4N4. The maximum atomic E-state index is 13.3. The van der Waals surface area contributed by atoms with Crippen LogP contribution in [0.15, 0.2) is 12.4 Å². The minimum Gasteiger partial charge on any atom is -0.274 e. The molecule has 0 spiro atoms. The summed E-state index contributed by atoms with van der Waals surface area (Å²) in [7, 11) is 0. The van der Waals surface area contributed by atoms with Gasteiger partial charge in [-0.05, 0) is 0 Å². The number of hydrogen-bond donors (Lipinski definition) is 0. The summed E-state index contributed by atoms with van der Waals surface area (Å²) in [6.45, 7) is 5.45. The number of aromatic nitrogens is 3. The van der Waals surface area contributed by atoms with Crippen molar-refractivity contribution in [2.24, 2.45) is 0 Å². The first-order valence-corrected chi connectivity index (χ1v) is 6.05. The summed E-state index contributed by atoms with van der Waals surface area (Å²) in [5.41, 5.74) is -0.584. The van der Waals surface area contributed by atoms with Crippen molar-refractivity contribution in [2.45, 2.75) is 38.5 Å². The number of alkyl halides is 4. The molecule has 1 atom stereocenters. The number of rotatable bonds is 1. The van der Waals surface area contributed by atoms with E-state index in [0.29, 0.717) is 5.69 Å². The molecule has 0 aliphatic heterocycles. The van der Waals surface area contributed by atoms with Crippen LogP contribution in [-0.4, -0.2) is 20.5 Å². The molecule has 8 heteroatoms. The van der Waals surface area contributed by atoms with Crippen molar-refractivity contribution >= 4 is 5.65 Å². The van der Waals surface area contributed by atoms with E-state index in [4.69, 9.17) is 0 Å². The Morgan fingerprint density at radius 2 is 1.90 bits per heavy atom. The molecule has 0 radical (unpaired) electrons. The molecule has 0 aliphatic carbocycles. The van der Waals surface area contributed by atoms with Gasteiger partial charge in [0.05, 0.1) is 11.4 Å². The number of hydrogen-bond acceptors (Lipinski definition) is 3. The van der Waals surface area contributed by atoms with E-state index in [2.05, 4.69) is 9.97 Å². The molecule has 2 aromatic heterocycles. The van der Waals surface area contributed by atoms with Crippen molar-refractivity contribution in [3.63, 3.8) is 0 Å². The number of nitrogens with zero attached hydrogens (tertiary/aromatic N) is 4. The van der Waals surface area contributed by atoms with Gasteiger partial charge in [-0.25, -0.2) is 14.4 Å². The van der Waals surface area contributed by atoms with Gasteiger partial charge in [0.2, 0.25) is 6.17 Å². The summed E-state index contributed by atoms with van der Waals surface area (Å²) in [5.74, 6) is 0. The van der Waals surface area contributed by atoms with Crippen molar-refractivity contribution in [1.29, 1.82) is 5.26 Å². The Bertz CT molecular complexity index is 719. The quantitative estimate of drug-likeness (QED) is 0.758. The smallest absolute Gasteiger partial charge is 0.274 e. The lowest BCUT2D eigenvalue weighted by atomic mass is 9.91. The van der Waals surface area contributed by atoms with Gasteiger partial charge in [-0.1, -0.05) is 20.8 Å². The van der Waals surface area contributed by atoms with Crippen molar-refractivity contribution in [3.05, 3.63) is 29.5 Å². The molecule has 112 valence electrons. The van der Waals surface area contributed by atoms with E-state index in [1.807, 2.05) is 26.8 Å². The van der Waals surface area contributed by atoms with E-state index < -0.39 is 23.5 Å². The highest BCUT2D eigenvalue weighted by molar-refractivity contribution is 5.49. The summed E-state index contributed by atoms with van der Waals surface area (Å²) in [4.78, 5) is 7.60. The lowest BCUT2D eigenvalue weighted by molar-refractivity contribution is -0.183. The monoisotopic (exact) mass is 300 g/mol. The molecule has 1 unspecified atom stereocenters. The van der Waals surface area contributed by atoms with E-state index in [-0.39, 0.29) is 11.3 Å². The molecule has 2 aromatic rings. The maximum Gasteiger partial charge on any atom is 0.425 e. The van der Waals surface area contributed by atoms with Crippen molar-refractivity contribution in [1.82, 2.24) is 14.4 Å². The van der Waals surface area contributed by atoms with Crippen LogP contribution >= 0.6 is 0 Å². The first-order valence-electron chi connectivity index (χ1n) is 6.05. The summed E-state index contributed by atoms with van der Waals surface area (Å²) in [5, 5.41) is 9.18. The normalized spacial score (nSPS) is 14.2. The van der Waals surface area contributed by atoms with E-state index >= 15 is 0 Å². The third kappa shape index (κ3) is 2.68. The average molecular weight is 300 g/mol.